The Hall–Kier alpha value is -1.55. The molecule has 0 radical (unpaired) electrons. The molecule has 4 fully saturated rings. The first-order valence-corrected chi connectivity index (χ1v) is 8.87. The van der Waals surface area contributed by atoms with Crippen molar-refractivity contribution in [1.82, 2.24) is 5.32 Å². The Kier molecular flexibility index (Phi) is 3.60. The molecule has 4 heteroatoms. The van der Waals surface area contributed by atoms with Gasteiger partial charge in [-0.3, -0.25) is 4.79 Å². The second-order valence-electron chi connectivity index (χ2n) is 8.16. The van der Waals surface area contributed by atoms with Crippen molar-refractivity contribution in [1.29, 1.82) is 0 Å². The van der Waals surface area contributed by atoms with E-state index in [1.807, 2.05) is 12.1 Å². The zero-order chi connectivity index (χ0) is 16.0. The minimum atomic E-state index is -0.521. The number of phenols is 1. The molecule has 0 aromatic heterocycles. The summed E-state index contributed by atoms with van der Waals surface area (Å²) in [5.74, 6) is 2.67. The number of phenolic OH excluding ortho intramolecular Hbond substituents is 1. The van der Waals surface area contributed by atoms with Crippen molar-refractivity contribution in [2.24, 2.45) is 23.5 Å². The standard InChI is InChI=1S/C19H26N2O2/c20-17(8-12-1-3-16(22)4-2-12)18(23)21-19-9-13-5-14(10-19)7-15(6-13)11-19/h1-4,13-15,17,22H,5-11,20H2,(H,21,23). The molecule has 124 valence electrons. The van der Waals surface area contributed by atoms with E-state index in [2.05, 4.69) is 5.32 Å². The lowest BCUT2D eigenvalue weighted by Crippen LogP contribution is -2.62. The Morgan fingerprint density at radius 2 is 1.65 bits per heavy atom. The van der Waals surface area contributed by atoms with E-state index in [0.29, 0.717) is 6.42 Å². The fourth-order valence-electron chi connectivity index (χ4n) is 5.60. The van der Waals surface area contributed by atoms with Crippen LogP contribution in [0.25, 0.3) is 0 Å². The number of aromatic hydroxyl groups is 1. The molecule has 4 bridgehead atoms. The quantitative estimate of drug-likeness (QED) is 0.798. The van der Waals surface area contributed by atoms with Gasteiger partial charge < -0.3 is 16.2 Å². The van der Waals surface area contributed by atoms with E-state index < -0.39 is 6.04 Å². The number of nitrogens with one attached hydrogen (secondary N) is 1. The number of carbonyl (C=O) groups excluding carboxylic acids is 1. The maximum atomic E-state index is 12.6. The molecule has 4 nitrogen and oxygen atoms in total. The smallest absolute Gasteiger partial charge is 0.237 e. The van der Waals surface area contributed by atoms with Crippen LogP contribution >= 0.6 is 0 Å². The minimum absolute atomic E-state index is 0.0139. The highest BCUT2D eigenvalue weighted by Gasteiger charge is 2.51. The van der Waals surface area contributed by atoms with Gasteiger partial charge in [-0.25, -0.2) is 0 Å². The molecule has 1 atom stereocenters. The second-order valence-corrected chi connectivity index (χ2v) is 8.16. The number of nitrogens with two attached hydrogens (primary N) is 1. The summed E-state index contributed by atoms with van der Waals surface area (Å²) in [5, 5.41) is 12.7. The summed E-state index contributed by atoms with van der Waals surface area (Å²) in [6, 6.07) is 6.41. The molecule has 1 aromatic rings. The van der Waals surface area contributed by atoms with E-state index in [4.69, 9.17) is 5.73 Å². The maximum absolute atomic E-state index is 12.6. The summed E-state index contributed by atoms with van der Waals surface area (Å²) in [5.41, 5.74) is 7.15. The Balaban J connectivity index is 1.40. The second kappa shape index (κ2) is 5.52. The van der Waals surface area contributed by atoms with E-state index in [1.165, 1.54) is 19.3 Å². The van der Waals surface area contributed by atoms with E-state index in [1.54, 1.807) is 12.1 Å². The molecule has 0 aliphatic heterocycles. The average molecular weight is 314 g/mol. The van der Waals surface area contributed by atoms with Crippen LogP contribution in [0.3, 0.4) is 0 Å². The van der Waals surface area contributed by atoms with Gasteiger partial charge in [0.05, 0.1) is 6.04 Å². The van der Waals surface area contributed by atoms with Gasteiger partial charge in [0.25, 0.3) is 0 Å². The third-order valence-electron chi connectivity index (χ3n) is 6.16. The van der Waals surface area contributed by atoms with Gasteiger partial charge in [-0.1, -0.05) is 12.1 Å². The van der Waals surface area contributed by atoms with Crippen molar-refractivity contribution in [3.8, 4) is 5.75 Å². The van der Waals surface area contributed by atoms with Gasteiger partial charge in [-0.05, 0) is 80.4 Å². The summed E-state index contributed by atoms with van der Waals surface area (Å²) in [6.07, 6.45) is 8.07. The lowest BCUT2D eigenvalue weighted by molar-refractivity contribution is -0.128. The molecule has 4 aliphatic rings. The lowest BCUT2D eigenvalue weighted by atomic mass is 9.53. The van der Waals surface area contributed by atoms with Gasteiger partial charge in [0.2, 0.25) is 5.91 Å². The predicted octanol–water partition coefficient (Wildman–Crippen LogP) is 2.35. The average Bonchev–Trinajstić information content (AvgIpc) is 2.47. The van der Waals surface area contributed by atoms with Gasteiger partial charge in [0.1, 0.15) is 5.75 Å². The van der Waals surface area contributed by atoms with Crippen LogP contribution in [0.1, 0.15) is 44.1 Å². The van der Waals surface area contributed by atoms with Crippen molar-refractivity contribution in [3.63, 3.8) is 0 Å². The number of amides is 1. The fourth-order valence-corrected chi connectivity index (χ4v) is 5.60. The first kappa shape index (κ1) is 15.0. The van der Waals surface area contributed by atoms with E-state index in [-0.39, 0.29) is 17.2 Å². The van der Waals surface area contributed by atoms with Crippen molar-refractivity contribution in [2.75, 3.05) is 0 Å². The summed E-state index contributed by atoms with van der Waals surface area (Å²) in [6.45, 7) is 0. The minimum Gasteiger partial charge on any atom is -0.508 e. The van der Waals surface area contributed by atoms with Gasteiger partial charge in [-0.15, -0.1) is 0 Å². The number of hydrogen-bond acceptors (Lipinski definition) is 3. The Bertz CT molecular complexity index is 561. The van der Waals surface area contributed by atoms with Gasteiger partial charge >= 0.3 is 0 Å². The van der Waals surface area contributed by atoms with Crippen molar-refractivity contribution in [3.05, 3.63) is 29.8 Å². The van der Waals surface area contributed by atoms with Crippen LogP contribution in [0.15, 0.2) is 24.3 Å². The van der Waals surface area contributed by atoms with Crippen LogP contribution in [-0.2, 0) is 11.2 Å². The molecular formula is C19H26N2O2. The van der Waals surface area contributed by atoms with Gasteiger partial charge in [0, 0.05) is 5.54 Å². The van der Waals surface area contributed by atoms with Crippen LogP contribution in [0.2, 0.25) is 0 Å². The Morgan fingerprint density at radius 1 is 1.13 bits per heavy atom. The van der Waals surface area contributed by atoms with Crippen molar-refractivity contribution in [2.45, 2.75) is 56.5 Å². The largest absolute Gasteiger partial charge is 0.508 e. The highest BCUT2D eigenvalue weighted by atomic mass is 16.3. The van der Waals surface area contributed by atoms with E-state index >= 15 is 0 Å². The molecule has 1 aromatic carbocycles. The first-order valence-electron chi connectivity index (χ1n) is 8.87. The molecule has 4 aliphatic carbocycles. The molecular weight excluding hydrogens is 288 g/mol. The molecule has 0 saturated heterocycles. The Labute approximate surface area is 137 Å². The van der Waals surface area contributed by atoms with Crippen molar-refractivity contribution >= 4 is 5.91 Å². The summed E-state index contributed by atoms with van der Waals surface area (Å²) in [4.78, 5) is 12.6. The van der Waals surface area contributed by atoms with Gasteiger partial charge in [0.15, 0.2) is 0 Å². The molecule has 5 rings (SSSR count). The summed E-state index contributed by atoms with van der Waals surface area (Å²) >= 11 is 0. The zero-order valence-corrected chi connectivity index (χ0v) is 13.5. The highest BCUT2D eigenvalue weighted by Crippen LogP contribution is 2.55. The molecule has 1 unspecified atom stereocenters. The third kappa shape index (κ3) is 2.97. The SMILES string of the molecule is NC(Cc1ccc(O)cc1)C(=O)NC12CC3CC(CC(C3)C1)C2. The summed E-state index contributed by atoms with van der Waals surface area (Å²) in [7, 11) is 0. The topological polar surface area (TPSA) is 75.3 Å². The van der Waals surface area contributed by atoms with Gasteiger partial charge in [-0.2, -0.15) is 0 Å². The van der Waals surface area contributed by atoms with E-state index in [9.17, 15) is 9.90 Å². The predicted molar refractivity (Wildman–Crippen MR) is 88.8 cm³/mol. The lowest BCUT2D eigenvalue weighted by Gasteiger charge is -2.57. The highest BCUT2D eigenvalue weighted by molar-refractivity contribution is 5.82. The molecule has 1 amide bonds. The zero-order valence-electron chi connectivity index (χ0n) is 13.5. The first-order chi connectivity index (χ1) is 11.0. The molecule has 23 heavy (non-hydrogen) atoms. The van der Waals surface area contributed by atoms with Crippen LogP contribution < -0.4 is 11.1 Å². The maximum Gasteiger partial charge on any atom is 0.237 e. The normalized spacial score (nSPS) is 36.0. The van der Waals surface area contributed by atoms with Crippen molar-refractivity contribution < 1.29 is 9.90 Å². The fraction of sp³-hybridized carbons (Fsp3) is 0.632. The number of benzene rings is 1. The van der Waals surface area contributed by atoms with E-state index in [0.717, 1.165) is 42.6 Å². The van der Waals surface area contributed by atoms with Crippen LogP contribution in [0.4, 0.5) is 0 Å². The number of hydrogen-bond donors (Lipinski definition) is 3. The number of rotatable bonds is 4. The van der Waals surface area contributed by atoms with Crippen LogP contribution in [-0.4, -0.2) is 22.6 Å². The van der Waals surface area contributed by atoms with Crippen LogP contribution in [0, 0.1) is 17.8 Å². The molecule has 0 spiro atoms. The van der Waals surface area contributed by atoms with Crippen LogP contribution in [0.5, 0.6) is 5.75 Å². The molecule has 0 heterocycles. The third-order valence-corrected chi connectivity index (χ3v) is 6.16. The molecule has 4 N–H and O–H groups in total. The number of carbonyl (C=O) groups is 1. The Morgan fingerprint density at radius 3 is 2.17 bits per heavy atom. The summed E-state index contributed by atoms with van der Waals surface area (Å²) < 4.78 is 0. The monoisotopic (exact) mass is 314 g/mol. The molecule has 4 saturated carbocycles.